The number of nitrogens with zero attached hydrogens (tertiary/aromatic N) is 2. The Morgan fingerprint density at radius 1 is 1.18 bits per heavy atom. The lowest BCUT2D eigenvalue weighted by atomic mass is 9.75. The lowest BCUT2D eigenvalue weighted by Gasteiger charge is -2.49. The number of amides is 2. The van der Waals surface area contributed by atoms with E-state index in [1.54, 1.807) is 29.2 Å². The molecule has 5 nitrogen and oxygen atoms in total. The van der Waals surface area contributed by atoms with Crippen molar-refractivity contribution in [2.24, 2.45) is 0 Å². The summed E-state index contributed by atoms with van der Waals surface area (Å²) in [6, 6.07) is 15.0. The predicted octanol–water partition coefficient (Wildman–Crippen LogP) is 3.42. The van der Waals surface area contributed by atoms with Gasteiger partial charge >= 0.3 is 0 Å². The number of carbonyl (C=O) groups is 2. The summed E-state index contributed by atoms with van der Waals surface area (Å²) < 4.78 is 5.58. The maximum absolute atomic E-state index is 12.8. The Hall–Kier alpha value is -2.53. The van der Waals surface area contributed by atoms with E-state index in [2.05, 4.69) is 26.0 Å². The van der Waals surface area contributed by atoms with E-state index >= 15 is 0 Å². The minimum Gasteiger partial charge on any atom is -0.484 e. The highest BCUT2D eigenvalue weighted by Crippen LogP contribution is 2.41. The number of fused-ring (bicyclic) bond motifs is 3. The first-order valence-corrected chi connectivity index (χ1v) is 9.78. The standard InChI is InChI=1S/C22H23ClN2O3/c1-22(2)14-25-19(17-5-3-4-6-18(17)22)11-24(12-20(25)26)21(27)13-28-16-9-7-15(23)8-10-16/h3-10,19H,11-14H2,1-2H3. The molecule has 0 N–H and O–H groups in total. The van der Waals surface area contributed by atoms with Crippen molar-refractivity contribution in [2.45, 2.75) is 25.3 Å². The van der Waals surface area contributed by atoms with Crippen LogP contribution in [0.3, 0.4) is 0 Å². The molecule has 28 heavy (non-hydrogen) atoms. The molecule has 146 valence electrons. The first-order chi connectivity index (χ1) is 13.3. The molecule has 2 amide bonds. The van der Waals surface area contributed by atoms with Gasteiger partial charge in [0.15, 0.2) is 6.61 Å². The van der Waals surface area contributed by atoms with Crippen LogP contribution in [-0.4, -0.2) is 47.9 Å². The Kier molecular flexibility index (Phi) is 4.79. The summed E-state index contributed by atoms with van der Waals surface area (Å²) in [5, 5.41) is 0.610. The molecule has 2 aromatic carbocycles. The summed E-state index contributed by atoms with van der Waals surface area (Å²) in [5.41, 5.74) is 2.27. The number of benzene rings is 2. The van der Waals surface area contributed by atoms with Crippen LogP contribution in [0.25, 0.3) is 0 Å². The topological polar surface area (TPSA) is 49.9 Å². The van der Waals surface area contributed by atoms with Gasteiger partial charge in [-0.05, 0) is 35.4 Å². The minimum absolute atomic E-state index is 0.0151. The van der Waals surface area contributed by atoms with E-state index in [9.17, 15) is 9.59 Å². The second-order valence-electron chi connectivity index (χ2n) is 8.03. The molecule has 0 aliphatic carbocycles. The molecule has 4 rings (SSSR count). The number of rotatable bonds is 3. The molecule has 2 aliphatic heterocycles. The largest absolute Gasteiger partial charge is 0.484 e. The predicted molar refractivity (Wildman–Crippen MR) is 107 cm³/mol. The quantitative estimate of drug-likeness (QED) is 0.796. The van der Waals surface area contributed by atoms with Crippen LogP contribution in [0.2, 0.25) is 5.02 Å². The van der Waals surface area contributed by atoms with Crippen molar-refractivity contribution < 1.29 is 14.3 Å². The van der Waals surface area contributed by atoms with E-state index < -0.39 is 0 Å². The van der Waals surface area contributed by atoms with Crippen LogP contribution < -0.4 is 4.74 Å². The fourth-order valence-electron chi connectivity index (χ4n) is 4.14. The molecule has 1 saturated heterocycles. The third-order valence-corrected chi connectivity index (χ3v) is 5.81. The number of carbonyl (C=O) groups excluding carboxylic acids is 2. The first-order valence-electron chi connectivity index (χ1n) is 9.40. The Morgan fingerprint density at radius 2 is 1.89 bits per heavy atom. The highest BCUT2D eigenvalue weighted by atomic mass is 35.5. The van der Waals surface area contributed by atoms with Crippen LogP contribution in [0.1, 0.15) is 31.0 Å². The van der Waals surface area contributed by atoms with Gasteiger partial charge in [-0.25, -0.2) is 0 Å². The van der Waals surface area contributed by atoms with Gasteiger partial charge in [0.2, 0.25) is 5.91 Å². The lowest BCUT2D eigenvalue weighted by Crippen LogP contribution is -2.59. The lowest BCUT2D eigenvalue weighted by molar-refractivity contribution is -0.151. The molecule has 2 heterocycles. The second kappa shape index (κ2) is 7.13. The average Bonchev–Trinajstić information content (AvgIpc) is 2.68. The monoisotopic (exact) mass is 398 g/mol. The summed E-state index contributed by atoms with van der Waals surface area (Å²) in [7, 11) is 0. The second-order valence-corrected chi connectivity index (χ2v) is 8.46. The SMILES string of the molecule is CC1(C)CN2C(=O)CN(C(=O)COc3ccc(Cl)cc3)CC2c2ccccc21. The fraction of sp³-hybridized carbons (Fsp3) is 0.364. The summed E-state index contributed by atoms with van der Waals surface area (Å²) in [6.07, 6.45) is 0. The van der Waals surface area contributed by atoms with Gasteiger partial charge in [0.1, 0.15) is 5.75 Å². The zero-order chi connectivity index (χ0) is 19.9. The van der Waals surface area contributed by atoms with Crippen LogP contribution >= 0.6 is 11.6 Å². The highest BCUT2D eigenvalue weighted by Gasteiger charge is 2.44. The smallest absolute Gasteiger partial charge is 0.261 e. The molecule has 0 radical (unpaired) electrons. The van der Waals surface area contributed by atoms with Crippen LogP contribution in [-0.2, 0) is 15.0 Å². The molecule has 1 unspecified atom stereocenters. The van der Waals surface area contributed by atoms with Crippen molar-refractivity contribution in [3.05, 3.63) is 64.7 Å². The maximum atomic E-state index is 12.8. The third kappa shape index (κ3) is 3.47. The van der Waals surface area contributed by atoms with Gasteiger partial charge in [0, 0.05) is 23.5 Å². The van der Waals surface area contributed by atoms with Crippen LogP contribution in [0.4, 0.5) is 0 Å². The molecule has 0 bridgehead atoms. The third-order valence-electron chi connectivity index (χ3n) is 5.56. The van der Waals surface area contributed by atoms with Crippen LogP contribution in [0.15, 0.2) is 48.5 Å². The normalized spacial score (nSPS) is 20.4. The van der Waals surface area contributed by atoms with Gasteiger partial charge in [0.25, 0.3) is 5.91 Å². The van der Waals surface area contributed by atoms with Crippen molar-refractivity contribution in [1.29, 1.82) is 0 Å². The molecule has 1 atom stereocenters. The van der Waals surface area contributed by atoms with E-state index in [1.165, 1.54) is 5.56 Å². The summed E-state index contributed by atoms with van der Waals surface area (Å²) in [5.74, 6) is 0.372. The van der Waals surface area contributed by atoms with E-state index in [4.69, 9.17) is 16.3 Å². The van der Waals surface area contributed by atoms with E-state index in [-0.39, 0.29) is 36.4 Å². The molecule has 2 aliphatic rings. The number of hydrogen-bond acceptors (Lipinski definition) is 3. The number of piperazine rings is 1. The molecule has 0 aromatic heterocycles. The van der Waals surface area contributed by atoms with Gasteiger partial charge in [0.05, 0.1) is 12.6 Å². The van der Waals surface area contributed by atoms with E-state index in [0.717, 1.165) is 5.56 Å². The average molecular weight is 399 g/mol. The summed E-state index contributed by atoms with van der Waals surface area (Å²) in [6.45, 7) is 5.46. The molecular formula is C22H23ClN2O3. The Labute approximate surface area is 169 Å². The summed E-state index contributed by atoms with van der Waals surface area (Å²) in [4.78, 5) is 29.1. The minimum atomic E-state index is -0.190. The van der Waals surface area contributed by atoms with E-state index in [1.807, 2.05) is 17.0 Å². The highest BCUT2D eigenvalue weighted by molar-refractivity contribution is 6.30. The molecule has 0 saturated carbocycles. The van der Waals surface area contributed by atoms with Gasteiger partial charge in [-0.1, -0.05) is 49.7 Å². The van der Waals surface area contributed by atoms with Gasteiger partial charge in [-0.15, -0.1) is 0 Å². The number of ether oxygens (including phenoxy) is 1. The molecule has 6 heteroatoms. The van der Waals surface area contributed by atoms with Crippen LogP contribution in [0.5, 0.6) is 5.75 Å². The zero-order valence-corrected chi connectivity index (χ0v) is 16.8. The van der Waals surface area contributed by atoms with Gasteiger partial charge in [-0.2, -0.15) is 0 Å². The first kappa shape index (κ1) is 18.8. The van der Waals surface area contributed by atoms with Crippen molar-refractivity contribution >= 4 is 23.4 Å². The maximum Gasteiger partial charge on any atom is 0.261 e. The molecule has 1 fully saturated rings. The summed E-state index contributed by atoms with van der Waals surface area (Å²) >= 11 is 5.87. The van der Waals surface area contributed by atoms with Crippen molar-refractivity contribution in [3.8, 4) is 5.75 Å². The van der Waals surface area contributed by atoms with Crippen molar-refractivity contribution in [2.75, 3.05) is 26.2 Å². The van der Waals surface area contributed by atoms with Crippen molar-refractivity contribution in [1.82, 2.24) is 9.80 Å². The Bertz CT molecular complexity index is 910. The van der Waals surface area contributed by atoms with Gasteiger partial charge < -0.3 is 14.5 Å². The van der Waals surface area contributed by atoms with Crippen LogP contribution in [0, 0.1) is 0 Å². The molecule has 0 spiro atoms. The van der Waals surface area contributed by atoms with E-state index in [0.29, 0.717) is 23.9 Å². The number of hydrogen-bond donors (Lipinski definition) is 0. The number of halogens is 1. The van der Waals surface area contributed by atoms with Crippen molar-refractivity contribution in [3.63, 3.8) is 0 Å². The van der Waals surface area contributed by atoms with Gasteiger partial charge in [-0.3, -0.25) is 9.59 Å². The fourth-order valence-corrected chi connectivity index (χ4v) is 4.26. The molecule has 2 aromatic rings. The molecular weight excluding hydrogens is 376 g/mol. The Balaban J connectivity index is 1.51. The Morgan fingerprint density at radius 3 is 2.64 bits per heavy atom. The zero-order valence-electron chi connectivity index (χ0n) is 16.0.